The third-order valence-corrected chi connectivity index (χ3v) is 17.8. The summed E-state index contributed by atoms with van der Waals surface area (Å²) >= 11 is 0. The van der Waals surface area contributed by atoms with Gasteiger partial charge < -0.3 is 9.13 Å². The molecule has 0 fully saturated rings. The molecular weight excluding hydrogens is 1010 g/mol. The first kappa shape index (κ1) is 49.0. The fourth-order valence-electron chi connectivity index (χ4n) is 13.8. The van der Waals surface area contributed by atoms with Crippen LogP contribution in [0.25, 0.3) is 133 Å². The average molecular weight is 1060 g/mol. The van der Waals surface area contributed by atoms with Crippen LogP contribution >= 0.6 is 0 Å². The molecule has 6 heteroatoms. The Morgan fingerprint density at radius 3 is 1.08 bits per heavy atom. The van der Waals surface area contributed by atoms with Gasteiger partial charge in [0.05, 0.1) is 11.0 Å². The van der Waals surface area contributed by atoms with Gasteiger partial charge in [-0.3, -0.25) is 0 Å². The fourth-order valence-corrected chi connectivity index (χ4v) is 13.8. The number of benzene rings is 11. The Bertz CT molecular complexity index is 4630. The molecule has 2 aliphatic heterocycles. The highest BCUT2D eigenvalue weighted by Gasteiger charge is 2.43. The first-order chi connectivity index (χ1) is 40.4. The Kier molecular flexibility index (Phi) is 10.8. The summed E-state index contributed by atoms with van der Waals surface area (Å²) in [6.45, 7) is 13.6. The van der Waals surface area contributed by atoms with Gasteiger partial charge in [-0.2, -0.15) is 0 Å². The van der Waals surface area contributed by atoms with Gasteiger partial charge in [-0.1, -0.05) is 224 Å². The number of rotatable bonds is 7. The smallest absolute Gasteiger partial charge is 0.252 e. The zero-order valence-electron chi connectivity index (χ0n) is 47.4. The molecule has 83 heavy (non-hydrogen) atoms. The predicted octanol–water partition coefficient (Wildman–Crippen LogP) is 17.5. The van der Waals surface area contributed by atoms with E-state index in [0.29, 0.717) is 5.82 Å². The molecule has 0 atom stereocenters. The molecule has 0 saturated carbocycles. The monoisotopic (exact) mass is 1060 g/mol. The zero-order chi connectivity index (χ0) is 55.9. The largest absolute Gasteiger partial charge is 0.310 e. The van der Waals surface area contributed by atoms with Crippen LogP contribution in [-0.2, 0) is 10.8 Å². The second-order valence-electron chi connectivity index (χ2n) is 24.9. The Hall–Kier alpha value is -9.91. The molecule has 2 aliphatic rings. The molecule has 0 spiro atoms. The van der Waals surface area contributed by atoms with E-state index >= 15 is 0 Å². The Morgan fingerprint density at radius 2 is 0.699 bits per heavy atom. The second kappa shape index (κ2) is 18.3. The number of fused-ring (bicyclic) bond motifs is 10. The van der Waals surface area contributed by atoms with Crippen molar-refractivity contribution >= 4 is 66.7 Å². The van der Waals surface area contributed by atoms with E-state index in [1.165, 1.54) is 116 Å². The lowest BCUT2D eigenvalue weighted by molar-refractivity contribution is 0.590. The van der Waals surface area contributed by atoms with Crippen LogP contribution < -0.4 is 16.4 Å². The van der Waals surface area contributed by atoms with Crippen LogP contribution in [0.2, 0.25) is 0 Å². The molecular formula is C77H58BN5. The van der Waals surface area contributed by atoms with E-state index in [0.717, 1.165) is 39.1 Å². The summed E-state index contributed by atoms with van der Waals surface area (Å²) < 4.78 is 5.22. The molecule has 16 rings (SSSR count). The predicted molar refractivity (Wildman–Crippen MR) is 349 cm³/mol. The Morgan fingerprint density at radius 1 is 0.337 bits per heavy atom. The van der Waals surface area contributed by atoms with E-state index in [1.54, 1.807) is 12.7 Å². The molecule has 394 valence electrons. The first-order valence-corrected chi connectivity index (χ1v) is 29.0. The van der Waals surface area contributed by atoms with Gasteiger partial charge in [-0.15, -0.1) is 0 Å². The maximum Gasteiger partial charge on any atom is 0.252 e. The van der Waals surface area contributed by atoms with E-state index in [4.69, 9.17) is 9.97 Å². The highest BCUT2D eigenvalue weighted by Crippen LogP contribution is 2.48. The van der Waals surface area contributed by atoms with Crippen molar-refractivity contribution in [3.8, 4) is 89.5 Å². The van der Waals surface area contributed by atoms with Crippen LogP contribution in [0.15, 0.2) is 243 Å². The molecule has 11 aromatic carbocycles. The molecule has 5 heterocycles. The van der Waals surface area contributed by atoms with Gasteiger partial charge in [0.1, 0.15) is 12.7 Å². The lowest BCUT2D eigenvalue weighted by atomic mass is 9.34. The first-order valence-electron chi connectivity index (χ1n) is 29.0. The minimum Gasteiger partial charge on any atom is -0.310 e. The van der Waals surface area contributed by atoms with Gasteiger partial charge in [0.25, 0.3) is 6.71 Å². The lowest BCUT2D eigenvalue weighted by Crippen LogP contribution is -2.59. The van der Waals surface area contributed by atoms with Crippen molar-refractivity contribution in [1.82, 2.24) is 24.1 Å². The summed E-state index contributed by atoms with van der Waals surface area (Å²) in [7, 11) is 0. The Balaban J connectivity index is 1.12. The SMILES string of the molecule is CC(C)(C)c1ccc(-c2cc3c4c(c2)c2c(-c5ccccc5)cc(-c5ccccc5)cc2n4-c2cc(-c4ncncn4)cc4c2B3c2cc(-c3ccc(C(C)(C)C)cc3)cc3c5c(-c6ccccc6)cc(-c6ccccc6)cc5n-4c23)cc1. The van der Waals surface area contributed by atoms with Crippen molar-refractivity contribution in [2.45, 2.75) is 52.4 Å². The molecule has 0 radical (unpaired) electrons. The molecule has 0 amide bonds. The normalized spacial score (nSPS) is 12.7. The number of hydrogen-bond donors (Lipinski definition) is 0. The minimum absolute atomic E-state index is 0.00938. The lowest BCUT2D eigenvalue weighted by Gasteiger charge is -2.34. The molecule has 3 aromatic heterocycles. The average Bonchev–Trinajstić information content (AvgIpc) is 1.76. The van der Waals surface area contributed by atoms with Crippen LogP contribution in [0.5, 0.6) is 0 Å². The third-order valence-electron chi connectivity index (χ3n) is 17.8. The molecule has 0 unspecified atom stereocenters. The standard InChI is InChI=1S/C77H58BN5/c1-76(2,3)58-31-27-49(28-32-58)53-37-62-70-60(51-23-15-9-16-24-51)35-55(47-19-11-7-12-20-47)41-66(70)82-68-43-57(75-80-45-79-46-81-75)44-69-72(68)78(64(39-53)73(62)82)65-40-54(50-29-33-59(34-30-50)77(4,5)6)38-63-71-61(52-25-17-10-18-26-52)36-56(48-21-13-8-14-22-48)42-67(71)83(69)74(63)65/h7-46H,1-6H3. The maximum atomic E-state index is 4.90. The summed E-state index contributed by atoms with van der Waals surface area (Å²) in [5.74, 6) is 0.626. The van der Waals surface area contributed by atoms with Crippen LogP contribution in [0, 0.1) is 0 Å². The van der Waals surface area contributed by atoms with Gasteiger partial charge in [0, 0.05) is 49.5 Å². The van der Waals surface area contributed by atoms with Gasteiger partial charge in [-0.05, 0) is 154 Å². The van der Waals surface area contributed by atoms with Crippen LogP contribution in [0.1, 0.15) is 52.7 Å². The highest BCUT2D eigenvalue weighted by molar-refractivity contribution is 7.00. The topological polar surface area (TPSA) is 48.5 Å². The van der Waals surface area contributed by atoms with Gasteiger partial charge in [0.2, 0.25) is 0 Å². The van der Waals surface area contributed by atoms with E-state index in [-0.39, 0.29) is 17.5 Å². The minimum atomic E-state index is -0.184. The van der Waals surface area contributed by atoms with E-state index < -0.39 is 0 Å². The number of hydrogen-bond acceptors (Lipinski definition) is 3. The fraction of sp³-hybridized carbons (Fsp3) is 0.104. The second-order valence-corrected chi connectivity index (χ2v) is 24.9. The summed E-state index contributed by atoms with van der Waals surface area (Å²) in [5.41, 5.74) is 28.5. The third kappa shape index (κ3) is 7.73. The summed E-state index contributed by atoms with van der Waals surface area (Å²) in [5, 5.41) is 4.89. The Labute approximate surface area is 484 Å². The molecule has 0 N–H and O–H groups in total. The van der Waals surface area contributed by atoms with Gasteiger partial charge >= 0.3 is 0 Å². The summed E-state index contributed by atoms with van der Waals surface area (Å²) in [6, 6.07) is 87.0. The summed E-state index contributed by atoms with van der Waals surface area (Å²) in [6.07, 6.45) is 3.24. The number of nitrogens with zero attached hydrogens (tertiary/aromatic N) is 5. The van der Waals surface area contributed by atoms with Crippen molar-refractivity contribution in [2.75, 3.05) is 0 Å². The van der Waals surface area contributed by atoms with Crippen molar-refractivity contribution in [3.63, 3.8) is 0 Å². The van der Waals surface area contributed by atoms with Crippen molar-refractivity contribution in [3.05, 3.63) is 254 Å². The van der Waals surface area contributed by atoms with Crippen LogP contribution in [-0.4, -0.2) is 30.8 Å². The van der Waals surface area contributed by atoms with Gasteiger partial charge in [0.15, 0.2) is 5.82 Å². The van der Waals surface area contributed by atoms with Crippen molar-refractivity contribution < 1.29 is 0 Å². The van der Waals surface area contributed by atoms with Crippen molar-refractivity contribution in [2.24, 2.45) is 0 Å². The van der Waals surface area contributed by atoms with Crippen molar-refractivity contribution in [1.29, 1.82) is 0 Å². The van der Waals surface area contributed by atoms with E-state index in [1.807, 2.05) is 0 Å². The quantitative estimate of drug-likeness (QED) is 0.149. The van der Waals surface area contributed by atoms with Crippen LogP contribution in [0.4, 0.5) is 0 Å². The summed E-state index contributed by atoms with van der Waals surface area (Å²) in [4.78, 5) is 14.1. The maximum absolute atomic E-state index is 4.90. The molecule has 14 aromatic rings. The van der Waals surface area contributed by atoms with Gasteiger partial charge in [-0.25, -0.2) is 15.0 Å². The molecule has 5 nitrogen and oxygen atoms in total. The van der Waals surface area contributed by atoms with Crippen LogP contribution in [0.3, 0.4) is 0 Å². The van der Waals surface area contributed by atoms with E-state index in [2.05, 4.69) is 286 Å². The highest BCUT2D eigenvalue weighted by atomic mass is 15.0. The molecule has 0 aliphatic carbocycles. The number of aromatic nitrogens is 5. The molecule has 0 bridgehead atoms. The zero-order valence-corrected chi connectivity index (χ0v) is 47.4. The van der Waals surface area contributed by atoms with E-state index in [9.17, 15) is 0 Å². The molecule has 0 saturated heterocycles.